The Balaban J connectivity index is 0.000000810. The van der Waals surface area contributed by atoms with Gasteiger partial charge in [-0.3, -0.25) is 4.79 Å². The number of carbonyl (C=O) groups is 1. The van der Waals surface area contributed by atoms with Crippen molar-refractivity contribution in [3.8, 4) is 0 Å². The molecule has 1 aliphatic rings. The molecule has 0 aromatic rings. The molecule has 1 aliphatic carbocycles. The standard InChI is InChI=1S/C6H11NO2.ClH/c7-5-3-1-2-4(5)6(8)9;/h4-5H,1-3,7H2,(H,8,9);1H/t4-,5-;/m1./s1. The van der Waals surface area contributed by atoms with Gasteiger partial charge in [0.1, 0.15) is 0 Å². The summed E-state index contributed by atoms with van der Waals surface area (Å²) >= 11 is 0. The van der Waals surface area contributed by atoms with Crippen LogP contribution in [0.25, 0.3) is 0 Å². The van der Waals surface area contributed by atoms with Gasteiger partial charge < -0.3 is 10.8 Å². The van der Waals surface area contributed by atoms with Crippen LogP contribution in [-0.2, 0) is 4.79 Å². The Labute approximate surface area is 66.0 Å². The van der Waals surface area contributed by atoms with E-state index in [1.54, 1.807) is 0 Å². The third-order valence-corrected chi connectivity index (χ3v) is 1.89. The Hall–Kier alpha value is -0.280. The first-order valence-electron chi connectivity index (χ1n) is 3.20. The van der Waals surface area contributed by atoms with Crippen LogP contribution in [-0.4, -0.2) is 17.1 Å². The third-order valence-electron chi connectivity index (χ3n) is 1.89. The van der Waals surface area contributed by atoms with Crippen molar-refractivity contribution in [2.24, 2.45) is 11.7 Å². The van der Waals surface area contributed by atoms with Crippen molar-refractivity contribution in [1.82, 2.24) is 0 Å². The van der Waals surface area contributed by atoms with Gasteiger partial charge in [0.2, 0.25) is 0 Å². The van der Waals surface area contributed by atoms with Gasteiger partial charge in [-0.1, -0.05) is 6.42 Å². The summed E-state index contributed by atoms with van der Waals surface area (Å²) in [6.45, 7) is 0. The predicted molar refractivity (Wildman–Crippen MR) is 40.2 cm³/mol. The molecule has 0 spiro atoms. The lowest BCUT2D eigenvalue weighted by Gasteiger charge is -2.07. The van der Waals surface area contributed by atoms with E-state index < -0.39 is 5.97 Å². The minimum absolute atomic E-state index is 0. The highest BCUT2D eigenvalue weighted by Crippen LogP contribution is 2.23. The average molecular weight is 166 g/mol. The maximum Gasteiger partial charge on any atom is 0.308 e. The molecule has 0 saturated heterocycles. The molecule has 1 saturated carbocycles. The predicted octanol–water partition coefficient (Wildman–Crippen LogP) is 0.620. The van der Waals surface area contributed by atoms with Gasteiger partial charge in [-0.15, -0.1) is 12.4 Å². The second-order valence-electron chi connectivity index (χ2n) is 2.54. The Kier molecular flexibility index (Phi) is 3.68. The highest BCUT2D eigenvalue weighted by atomic mass is 35.5. The molecule has 0 heterocycles. The van der Waals surface area contributed by atoms with Crippen LogP contribution in [0, 0.1) is 5.92 Å². The molecule has 0 aromatic heterocycles. The number of rotatable bonds is 1. The van der Waals surface area contributed by atoms with E-state index in [1.807, 2.05) is 0 Å². The lowest BCUT2D eigenvalue weighted by atomic mass is 10.1. The van der Waals surface area contributed by atoms with Gasteiger partial charge in [-0.05, 0) is 12.8 Å². The normalized spacial score (nSPS) is 31.3. The minimum Gasteiger partial charge on any atom is -0.481 e. The van der Waals surface area contributed by atoms with E-state index in [1.165, 1.54) is 0 Å². The van der Waals surface area contributed by atoms with E-state index in [9.17, 15) is 4.79 Å². The van der Waals surface area contributed by atoms with Crippen LogP contribution in [0.15, 0.2) is 0 Å². The van der Waals surface area contributed by atoms with E-state index >= 15 is 0 Å². The number of hydrogen-bond acceptors (Lipinski definition) is 2. The minimum atomic E-state index is -0.736. The Bertz CT molecular complexity index is 129. The number of carboxylic acid groups (broad SMARTS) is 1. The Morgan fingerprint density at radius 2 is 2.10 bits per heavy atom. The van der Waals surface area contributed by atoms with E-state index in [4.69, 9.17) is 10.8 Å². The lowest BCUT2D eigenvalue weighted by molar-refractivity contribution is -0.141. The zero-order valence-electron chi connectivity index (χ0n) is 5.62. The van der Waals surface area contributed by atoms with E-state index in [-0.39, 0.29) is 24.4 Å². The van der Waals surface area contributed by atoms with E-state index in [0.29, 0.717) is 0 Å². The molecule has 10 heavy (non-hydrogen) atoms. The Morgan fingerprint density at radius 1 is 1.50 bits per heavy atom. The van der Waals surface area contributed by atoms with Crippen molar-refractivity contribution in [3.05, 3.63) is 0 Å². The fraction of sp³-hybridized carbons (Fsp3) is 0.833. The fourth-order valence-electron chi connectivity index (χ4n) is 1.30. The monoisotopic (exact) mass is 165 g/mol. The van der Waals surface area contributed by atoms with Gasteiger partial charge in [0.15, 0.2) is 0 Å². The van der Waals surface area contributed by atoms with E-state index in [0.717, 1.165) is 19.3 Å². The van der Waals surface area contributed by atoms with Gasteiger partial charge in [0, 0.05) is 6.04 Å². The van der Waals surface area contributed by atoms with Gasteiger partial charge in [0.25, 0.3) is 0 Å². The fourth-order valence-corrected chi connectivity index (χ4v) is 1.30. The summed E-state index contributed by atoms with van der Waals surface area (Å²) in [6, 6.07) is -0.0949. The van der Waals surface area contributed by atoms with Crippen molar-refractivity contribution in [2.45, 2.75) is 25.3 Å². The third kappa shape index (κ3) is 1.85. The van der Waals surface area contributed by atoms with Crippen LogP contribution in [0.1, 0.15) is 19.3 Å². The topological polar surface area (TPSA) is 63.3 Å². The number of carboxylic acids is 1. The summed E-state index contributed by atoms with van der Waals surface area (Å²) in [5, 5.41) is 8.50. The van der Waals surface area contributed by atoms with Crippen LogP contribution in [0.4, 0.5) is 0 Å². The number of halogens is 1. The van der Waals surface area contributed by atoms with Crippen LogP contribution in [0.3, 0.4) is 0 Å². The van der Waals surface area contributed by atoms with E-state index in [2.05, 4.69) is 0 Å². The van der Waals surface area contributed by atoms with Gasteiger partial charge in [-0.2, -0.15) is 0 Å². The second-order valence-corrected chi connectivity index (χ2v) is 2.54. The molecule has 3 nitrogen and oxygen atoms in total. The summed E-state index contributed by atoms with van der Waals surface area (Å²) in [4.78, 5) is 10.3. The zero-order chi connectivity index (χ0) is 6.85. The summed E-state index contributed by atoms with van der Waals surface area (Å²) in [7, 11) is 0. The van der Waals surface area contributed by atoms with Crippen molar-refractivity contribution < 1.29 is 9.90 Å². The SMILES string of the molecule is Cl.N[C@@H]1CCC[C@H]1C(=O)O. The molecule has 1 rings (SSSR count). The molecule has 1 fully saturated rings. The van der Waals surface area contributed by atoms with Crippen molar-refractivity contribution in [3.63, 3.8) is 0 Å². The maximum absolute atomic E-state index is 10.3. The van der Waals surface area contributed by atoms with Gasteiger partial charge in [0.05, 0.1) is 5.92 Å². The quantitative estimate of drug-likeness (QED) is 0.599. The first-order chi connectivity index (χ1) is 4.22. The lowest BCUT2D eigenvalue weighted by Crippen LogP contribution is -2.30. The van der Waals surface area contributed by atoms with Gasteiger partial charge >= 0.3 is 5.97 Å². The molecule has 0 amide bonds. The summed E-state index contributed by atoms with van der Waals surface area (Å²) in [6.07, 6.45) is 2.60. The first-order valence-corrected chi connectivity index (χ1v) is 3.20. The highest BCUT2D eigenvalue weighted by Gasteiger charge is 2.29. The van der Waals surface area contributed by atoms with Crippen LogP contribution in [0.5, 0.6) is 0 Å². The zero-order valence-corrected chi connectivity index (χ0v) is 6.43. The van der Waals surface area contributed by atoms with Crippen molar-refractivity contribution in [2.75, 3.05) is 0 Å². The largest absolute Gasteiger partial charge is 0.481 e. The molecule has 0 unspecified atom stereocenters. The molecular formula is C6H12ClNO2. The molecule has 60 valence electrons. The summed E-state index contributed by atoms with van der Waals surface area (Å²) in [5.74, 6) is -1.01. The van der Waals surface area contributed by atoms with Crippen molar-refractivity contribution in [1.29, 1.82) is 0 Å². The molecule has 4 heteroatoms. The van der Waals surface area contributed by atoms with Crippen LogP contribution < -0.4 is 5.73 Å². The smallest absolute Gasteiger partial charge is 0.308 e. The number of nitrogens with two attached hydrogens (primary N) is 1. The molecule has 3 N–H and O–H groups in total. The molecule has 0 bridgehead atoms. The summed E-state index contributed by atoms with van der Waals surface area (Å²) < 4.78 is 0. The molecule has 2 atom stereocenters. The molecular weight excluding hydrogens is 154 g/mol. The number of hydrogen-bond donors (Lipinski definition) is 2. The molecule has 0 aliphatic heterocycles. The van der Waals surface area contributed by atoms with Gasteiger partial charge in [-0.25, -0.2) is 0 Å². The van der Waals surface area contributed by atoms with Crippen molar-refractivity contribution >= 4 is 18.4 Å². The van der Waals surface area contributed by atoms with Crippen LogP contribution in [0.2, 0.25) is 0 Å². The average Bonchev–Trinajstić information content (AvgIpc) is 2.13. The highest BCUT2D eigenvalue weighted by molar-refractivity contribution is 5.85. The first kappa shape index (κ1) is 9.72. The Morgan fingerprint density at radius 3 is 2.30 bits per heavy atom. The number of aliphatic carboxylic acids is 1. The molecule has 0 radical (unpaired) electrons. The summed E-state index contributed by atoms with van der Waals surface area (Å²) in [5.41, 5.74) is 5.50. The maximum atomic E-state index is 10.3. The molecule has 0 aromatic carbocycles. The second kappa shape index (κ2) is 3.78. The van der Waals surface area contributed by atoms with Crippen LogP contribution >= 0.6 is 12.4 Å².